The van der Waals surface area contributed by atoms with E-state index in [0.717, 1.165) is 0 Å². The van der Waals surface area contributed by atoms with Crippen molar-refractivity contribution < 1.29 is 13.2 Å². The Labute approximate surface area is 92.3 Å². The minimum atomic E-state index is -0.631. The highest BCUT2D eigenvalue weighted by atomic mass is 19.1. The van der Waals surface area contributed by atoms with Crippen LogP contribution in [0.2, 0.25) is 0 Å². The molecule has 16 heavy (non-hydrogen) atoms. The van der Waals surface area contributed by atoms with Crippen molar-refractivity contribution in [3.63, 3.8) is 0 Å². The topological polar surface area (TPSA) is 26.0 Å². The first-order valence-corrected chi connectivity index (χ1v) is 5.18. The van der Waals surface area contributed by atoms with Gasteiger partial charge in [0.2, 0.25) is 0 Å². The molecule has 0 aliphatic heterocycles. The smallest absolute Gasteiger partial charge is 0.198 e. The molecule has 0 unspecified atom stereocenters. The normalized spacial score (nSPS) is 11.7. The summed E-state index contributed by atoms with van der Waals surface area (Å²) in [7, 11) is 0. The molecule has 0 saturated heterocycles. The molecule has 0 bridgehead atoms. The van der Waals surface area contributed by atoms with E-state index in [0.29, 0.717) is 11.5 Å². The average Bonchev–Trinajstić information content (AvgIpc) is 2.68. The Morgan fingerprint density at radius 3 is 2.25 bits per heavy atom. The maximum atomic E-state index is 13.8. The van der Waals surface area contributed by atoms with Crippen LogP contribution in [0.15, 0.2) is 4.42 Å². The van der Waals surface area contributed by atoms with E-state index in [1.807, 2.05) is 13.8 Å². The van der Waals surface area contributed by atoms with Crippen LogP contribution in [0.5, 0.6) is 0 Å². The molecule has 2 rings (SSSR count). The molecule has 1 aromatic heterocycles. The Bertz CT molecular complexity index is 513. The molecule has 86 valence electrons. The first-order valence-electron chi connectivity index (χ1n) is 5.18. The van der Waals surface area contributed by atoms with Crippen molar-refractivity contribution in [1.82, 2.24) is 4.98 Å². The Hall–Kier alpha value is -1.45. The molecule has 0 aliphatic carbocycles. The van der Waals surface area contributed by atoms with Gasteiger partial charge < -0.3 is 4.42 Å². The predicted molar refractivity (Wildman–Crippen MR) is 57.5 cm³/mol. The van der Waals surface area contributed by atoms with Crippen molar-refractivity contribution in [3.05, 3.63) is 28.7 Å². The van der Waals surface area contributed by atoms with Crippen LogP contribution < -0.4 is 0 Å². The lowest BCUT2D eigenvalue weighted by Crippen LogP contribution is -1.94. The van der Waals surface area contributed by atoms with Crippen LogP contribution >= 0.6 is 0 Å². The molecule has 0 fully saturated rings. The van der Waals surface area contributed by atoms with E-state index >= 15 is 0 Å². The van der Waals surface area contributed by atoms with Crippen LogP contribution in [0.1, 0.15) is 36.8 Å². The number of rotatable bonds is 1. The van der Waals surface area contributed by atoms with Gasteiger partial charge in [-0.2, -0.15) is 0 Å². The largest absolute Gasteiger partial charge is 0.440 e. The number of benzene rings is 1. The molecule has 0 amide bonds. The van der Waals surface area contributed by atoms with E-state index in [1.54, 1.807) is 6.92 Å². The monoisotopic (exact) mass is 225 g/mol. The summed E-state index contributed by atoms with van der Waals surface area (Å²) in [4.78, 5) is 4.07. The first kappa shape index (κ1) is 11.0. The highest BCUT2D eigenvalue weighted by Crippen LogP contribution is 2.30. The fraction of sp³-hybridized carbons (Fsp3) is 0.417. The summed E-state index contributed by atoms with van der Waals surface area (Å²) in [6.45, 7) is 6.75. The van der Waals surface area contributed by atoms with Crippen LogP contribution in [0.4, 0.5) is 8.78 Å². The molecular weight excluding hydrogens is 212 g/mol. The van der Waals surface area contributed by atoms with Gasteiger partial charge in [0.25, 0.3) is 0 Å². The molecule has 0 aliphatic rings. The third kappa shape index (κ3) is 1.40. The Balaban J connectivity index is 2.86. The van der Waals surface area contributed by atoms with Gasteiger partial charge in [0.05, 0.1) is 0 Å². The summed E-state index contributed by atoms with van der Waals surface area (Å²) >= 11 is 0. The van der Waals surface area contributed by atoms with E-state index in [9.17, 15) is 8.78 Å². The zero-order chi connectivity index (χ0) is 12.0. The second-order valence-corrected chi connectivity index (χ2v) is 4.26. The number of halogens is 2. The third-order valence-corrected chi connectivity index (χ3v) is 2.67. The fourth-order valence-corrected chi connectivity index (χ4v) is 1.64. The van der Waals surface area contributed by atoms with Gasteiger partial charge in [-0.25, -0.2) is 13.8 Å². The van der Waals surface area contributed by atoms with Crippen LogP contribution in [-0.2, 0) is 0 Å². The van der Waals surface area contributed by atoms with Crippen LogP contribution in [0.25, 0.3) is 11.1 Å². The molecule has 0 radical (unpaired) electrons. The van der Waals surface area contributed by atoms with Gasteiger partial charge in [-0.1, -0.05) is 13.8 Å². The molecular formula is C12H13F2NO. The van der Waals surface area contributed by atoms with E-state index in [1.165, 1.54) is 6.92 Å². The summed E-state index contributed by atoms with van der Waals surface area (Å²) in [6, 6.07) is 0. The standard InChI is InChI=1S/C12H13F2NO/c1-5(2)12-15-10-9(14)6(3)8(13)7(4)11(10)16-12/h5H,1-4H3. The minimum Gasteiger partial charge on any atom is -0.440 e. The van der Waals surface area contributed by atoms with Crippen molar-refractivity contribution in [2.45, 2.75) is 33.6 Å². The first-order chi connectivity index (χ1) is 7.43. The van der Waals surface area contributed by atoms with Crippen molar-refractivity contribution in [2.24, 2.45) is 0 Å². The number of aromatic nitrogens is 1. The molecule has 1 heterocycles. The van der Waals surface area contributed by atoms with Crippen LogP contribution in [0, 0.1) is 25.5 Å². The van der Waals surface area contributed by atoms with Crippen molar-refractivity contribution in [2.75, 3.05) is 0 Å². The third-order valence-electron chi connectivity index (χ3n) is 2.67. The summed E-state index contributed by atoms with van der Waals surface area (Å²) < 4.78 is 32.7. The zero-order valence-electron chi connectivity index (χ0n) is 9.69. The van der Waals surface area contributed by atoms with Gasteiger partial charge in [0.1, 0.15) is 11.3 Å². The molecule has 2 aromatic rings. The fourth-order valence-electron chi connectivity index (χ4n) is 1.64. The Morgan fingerprint density at radius 2 is 1.69 bits per heavy atom. The van der Waals surface area contributed by atoms with Gasteiger partial charge in [-0.15, -0.1) is 0 Å². The zero-order valence-corrected chi connectivity index (χ0v) is 9.69. The van der Waals surface area contributed by atoms with Gasteiger partial charge >= 0.3 is 0 Å². The van der Waals surface area contributed by atoms with E-state index in [-0.39, 0.29) is 22.6 Å². The lowest BCUT2D eigenvalue weighted by molar-refractivity contribution is 0.496. The number of fused-ring (bicyclic) bond motifs is 1. The Morgan fingerprint density at radius 1 is 1.06 bits per heavy atom. The number of aryl methyl sites for hydroxylation is 1. The maximum Gasteiger partial charge on any atom is 0.198 e. The second kappa shape index (κ2) is 3.54. The summed E-state index contributed by atoms with van der Waals surface area (Å²) in [5, 5.41) is 0. The van der Waals surface area contributed by atoms with E-state index in [2.05, 4.69) is 4.98 Å². The number of hydrogen-bond acceptors (Lipinski definition) is 2. The molecule has 4 heteroatoms. The van der Waals surface area contributed by atoms with Crippen LogP contribution in [0.3, 0.4) is 0 Å². The quantitative estimate of drug-likeness (QED) is 0.736. The molecule has 0 saturated carbocycles. The van der Waals surface area contributed by atoms with Crippen molar-refractivity contribution in [1.29, 1.82) is 0 Å². The maximum absolute atomic E-state index is 13.8. The molecule has 0 spiro atoms. The lowest BCUT2D eigenvalue weighted by Gasteiger charge is -2.02. The van der Waals surface area contributed by atoms with Gasteiger partial charge in [0, 0.05) is 17.0 Å². The van der Waals surface area contributed by atoms with Crippen LogP contribution in [-0.4, -0.2) is 4.98 Å². The Kier molecular flexibility index (Phi) is 2.45. The molecule has 1 aromatic carbocycles. The molecule has 0 atom stereocenters. The van der Waals surface area contributed by atoms with E-state index < -0.39 is 11.6 Å². The summed E-state index contributed by atoms with van der Waals surface area (Å²) in [5.74, 6) is -0.707. The minimum absolute atomic E-state index is 0.00592. The highest BCUT2D eigenvalue weighted by molar-refractivity contribution is 5.78. The number of nitrogens with zero attached hydrogens (tertiary/aromatic N) is 1. The highest BCUT2D eigenvalue weighted by Gasteiger charge is 2.20. The van der Waals surface area contributed by atoms with Gasteiger partial charge in [-0.05, 0) is 13.8 Å². The van der Waals surface area contributed by atoms with E-state index in [4.69, 9.17) is 4.42 Å². The molecule has 0 N–H and O–H groups in total. The second-order valence-electron chi connectivity index (χ2n) is 4.26. The van der Waals surface area contributed by atoms with Crippen molar-refractivity contribution in [3.8, 4) is 0 Å². The lowest BCUT2D eigenvalue weighted by atomic mass is 10.1. The summed E-state index contributed by atoms with van der Waals surface area (Å²) in [6.07, 6.45) is 0. The van der Waals surface area contributed by atoms with Gasteiger partial charge in [-0.3, -0.25) is 0 Å². The predicted octanol–water partition coefficient (Wildman–Crippen LogP) is 3.85. The number of hydrogen-bond donors (Lipinski definition) is 0. The number of oxazole rings is 1. The average molecular weight is 225 g/mol. The SMILES string of the molecule is Cc1c(F)c(C)c2oc(C(C)C)nc2c1F. The van der Waals surface area contributed by atoms with Gasteiger partial charge in [0.15, 0.2) is 17.3 Å². The molecule has 2 nitrogen and oxygen atoms in total. The van der Waals surface area contributed by atoms with Crippen molar-refractivity contribution >= 4 is 11.1 Å². The summed E-state index contributed by atoms with van der Waals surface area (Å²) in [5.41, 5.74) is 0.645.